The molecule has 1 amide bonds. The highest BCUT2D eigenvalue weighted by atomic mass is 16.5. The van der Waals surface area contributed by atoms with Crippen molar-refractivity contribution in [1.29, 1.82) is 0 Å². The van der Waals surface area contributed by atoms with Gasteiger partial charge in [-0.05, 0) is 32.1 Å². The monoisotopic (exact) mass is 225 g/mol. The summed E-state index contributed by atoms with van der Waals surface area (Å²) in [6.45, 7) is 5.06. The molecule has 0 aromatic heterocycles. The summed E-state index contributed by atoms with van der Waals surface area (Å²) in [7, 11) is 1.95. The third-order valence-electron chi connectivity index (χ3n) is 4.45. The van der Waals surface area contributed by atoms with Gasteiger partial charge in [0.25, 0.3) is 5.91 Å². The lowest BCUT2D eigenvalue weighted by Gasteiger charge is -2.37. The number of ether oxygens (including phenoxy) is 1. The number of hydrogen-bond acceptors (Lipinski definition) is 2. The predicted molar refractivity (Wildman–Crippen MR) is 63.2 cm³/mol. The first-order valence-corrected chi connectivity index (χ1v) is 6.44. The molecule has 0 unspecified atom stereocenters. The first-order valence-electron chi connectivity index (χ1n) is 6.44. The Labute approximate surface area is 98.1 Å². The standard InChI is InChI=1S/C13H23NO2/c1-10-6-9-16-11(10)12(15)14(3)13(2)7-4-5-8-13/h10-11H,4-9H2,1-3H3/t10-,11+/m1/s1. The summed E-state index contributed by atoms with van der Waals surface area (Å²) >= 11 is 0. The van der Waals surface area contributed by atoms with Gasteiger partial charge in [-0.2, -0.15) is 0 Å². The van der Waals surface area contributed by atoms with Gasteiger partial charge >= 0.3 is 0 Å². The molecule has 3 heteroatoms. The summed E-state index contributed by atoms with van der Waals surface area (Å²) in [5.41, 5.74) is 0.0722. The Morgan fingerprint density at radius 2 is 2.00 bits per heavy atom. The van der Waals surface area contributed by atoms with Gasteiger partial charge in [-0.3, -0.25) is 4.79 Å². The molecular weight excluding hydrogens is 202 g/mol. The van der Waals surface area contributed by atoms with Crippen molar-refractivity contribution in [2.75, 3.05) is 13.7 Å². The van der Waals surface area contributed by atoms with Gasteiger partial charge in [0.2, 0.25) is 0 Å². The van der Waals surface area contributed by atoms with E-state index in [1.54, 1.807) is 0 Å². The highest BCUT2D eigenvalue weighted by Gasteiger charge is 2.41. The molecule has 0 bridgehead atoms. The third kappa shape index (κ3) is 1.97. The van der Waals surface area contributed by atoms with E-state index in [0.717, 1.165) is 25.9 Å². The zero-order valence-electron chi connectivity index (χ0n) is 10.7. The van der Waals surface area contributed by atoms with Crippen LogP contribution in [0.4, 0.5) is 0 Å². The minimum atomic E-state index is -0.192. The fraction of sp³-hybridized carbons (Fsp3) is 0.923. The summed E-state index contributed by atoms with van der Waals surface area (Å²) in [5, 5.41) is 0. The molecule has 1 aliphatic heterocycles. The van der Waals surface area contributed by atoms with E-state index in [9.17, 15) is 4.79 Å². The molecule has 1 aliphatic carbocycles. The lowest BCUT2D eigenvalue weighted by molar-refractivity contribution is -0.146. The van der Waals surface area contributed by atoms with Crippen LogP contribution >= 0.6 is 0 Å². The van der Waals surface area contributed by atoms with Crippen molar-refractivity contribution >= 4 is 5.91 Å². The zero-order chi connectivity index (χ0) is 11.8. The summed E-state index contributed by atoms with van der Waals surface area (Å²) in [4.78, 5) is 14.3. The van der Waals surface area contributed by atoms with Gasteiger partial charge in [-0.25, -0.2) is 0 Å². The van der Waals surface area contributed by atoms with Crippen molar-refractivity contribution < 1.29 is 9.53 Å². The molecule has 2 aliphatic rings. The maximum Gasteiger partial charge on any atom is 0.252 e. The van der Waals surface area contributed by atoms with Crippen LogP contribution in [0.15, 0.2) is 0 Å². The molecule has 1 saturated carbocycles. The van der Waals surface area contributed by atoms with Crippen LogP contribution in [0.1, 0.15) is 46.0 Å². The van der Waals surface area contributed by atoms with E-state index in [2.05, 4.69) is 13.8 Å². The smallest absolute Gasteiger partial charge is 0.252 e. The zero-order valence-corrected chi connectivity index (χ0v) is 10.7. The maximum atomic E-state index is 12.3. The minimum Gasteiger partial charge on any atom is -0.368 e. The minimum absolute atomic E-state index is 0.0722. The molecule has 1 heterocycles. The lowest BCUT2D eigenvalue weighted by atomic mass is 9.96. The molecule has 2 atom stereocenters. The van der Waals surface area contributed by atoms with Crippen molar-refractivity contribution in [3.05, 3.63) is 0 Å². The van der Waals surface area contributed by atoms with Crippen molar-refractivity contribution in [3.63, 3.8) is 0 Å². The molecule has 92 valence electrons. The second-order valence-electron chi connectivity index (χ2n) is 5.66. The van der Waals surface area contributed by atoms with E-state index in [4.69, 9.17) is 4.74 Å². The van der Waals surface area contributed by atoms with Crippen LogP contribution in [0.3, 0.4) is 0 Å². The molecule has 0 aromatic rings. The van der Waals surface area contributed by atoms with Crippen molar-refractivity contribution in [3.8, 4) is 0 Å². The fourth-order valence-electron chi connectivity index (χ4n) is 2.94. The Bertz CT molecular complexity index is 271. The molecule has 2 rings (SSSR count). The Balaban J connectivity index is 2.03. The number of likely N-dealkylation sites (N-methyl/N-ethyl adjacent to an activating group) is 1. The molecule has 1 saturated heterocycles. The van der Waals surface area contributed by atoms with Crippen LogP contribution in [0.5, 0.6) is 0 Å². The molecular formula is C13H23NO2. The van der Waals surface area contributed by atoms with E-state index >= 15 is 0 Å². The van der Waals surface area contributed by atoms with E-state index in [1.807, 2.05) is 11.9 Å². The van der Waals surface area contributed by atoms with Gasteiger partial charge in [0, 0.05) is 19.2 Å². The molecule has 16 heavy (non-hydrogen) atoms. The van der Waals surface area contributed by atoms with Gasteiger partial charge in [0.15, 0.2) is 0 Å². The van der Waals surface area contributed by atoms with Crippen molar-refractivity contribution in [1.82, 2.24) is 4.90 Å². The average Bonchev–Trinajstić information content (AvgIpc) is 2.86. The highest BCUT2D eigenvalue weighted by Crippen LogP contribution is 2.35. The molecule has 0 spiro atoms. The number of nitrogens with zero attached hydrogens (tertiary/aromatic N) is 1. The number of hydrogen-bond donors (Lipinski definition) is 0. The summed E-state index contributed by atoms with van der Waals surface area (Å²) in [6, 6.07) is 0. The van der Waals surface area contributed by atoms with Crippen molar-refractivity contribution in [2.45, 2.75) is 57.6 Å². The summed E-state index contributed by atoms with van der Waals surface area (Å²) < 4.78 is 5.56. The van der Waals surface area contributed by atoms with E-state index < -0.39 is 0 Å². The van der Waals surface area contributed by atoms with Gasteiger partial charge < -0.3 is 9.64 Å². The van der Waals surface area contributed by atoms with Crippen LogP contribution < -0.4 is 0 Å². The number of carbonyl (C=O) groups excluding carboxylic acids is 1. The van der Waals surface area contributed by atoms with Gasteiger partial charge in [-0.15, -0.1) is 0 Å². The SMILES string of the molecule is C[C@@H]1CCO[C@@H]1C(=O)N(C)C1(C)CCCC1. The largest absolute Gasteiger partial charge is 0.368 e. The Hall–Kier alpha value is -0.570. The quantitative estimate of drug-likeness (QED) is 0.721. The second-order valence-corrected chi connectivity index (χ2v) is 5.66. The first kappa shape index (κ1) is 11.9. The van der Waals surface area contributed by atoms with Crippen LogP contribution in [-0.2, 0) is 9.53 Å². The van der Waals surface area contributed by atoms with Gasteiger partial charge in [-0.1, -0.05) is 19.8 Å². The van der Waals surface area contributed by atoms with Crippen LogP contribution in [0, 0.1) is 5.92 Å². The normalized spacial score (nSPS) is 32.9. The summed E-state index contributed by atoms with van der Waals surface area (Å²) in [5.74, 6) is 0.564. The third-order valence-corrected chi connectivity index (χ3v) is 4.45. The fourth-order valence-corrected chi connectivity index (χ4v) is 2.94. The van der Waals surface area contributed by atoms with E-state index in [0.29, 0.717) is 5.92 Å². The average molecular weight is 225 g/mol. The van der Waals surface area contributed by atoms with Crippen LogP contribution in [0.2, 0.25) is 0 Å². The predicted octanol–water partition coefficient (Wildman–Crippen LogP) is 2.20. The summed E-state index contributed by atoms with van der Waals surface area (Å²) in [6.07, 6.45) is 5.58. The number of carbonyl (C=O) groups is 1. The van der Waals surface area contributed by atoms with Gasteiger partial charge in [0.1, 0.15) is 6.10 Å². The molecule has 0 aromatic carbocycles. The van der Waals surface area contributed by atoms with E-state index in [1.165, 1.54) is 12.8 Å². The highest BCUT2D eigenvalue weighted by molar-refractivity contribution is 5.82. The molecule has 3 nitrogen and oxygen atoms in total. The second kappa shape index (κ2) is 4.36. The number of rotatable bonds is 2. The van der Waals surface area contributed by atoms with Crippen molar-refractivity contribution in [2.24, 2.45) is 5.92 Å². The lowest BCUT2D eigenvalue weighted by Crippen LogP contribution is -2.50. The first-order chi connectivity index (χ1) is 7.54. The van der Waals surface area contributed by atoms with Gasteiger partial charge in [0.05, 0.1) is 0 Å². The Morgan fingerprint density at radius 3 is 2.50 bits per heavy atom. The van der Waals surface area contributed by atoms with E-state index in [-0.39, 0.29) is 17.6 Å². The number of amides is 1. The topological polar surface area (TPSA) is 29.5 Å². The van der Waals surface area contributed by atoms with Crippen LogP contribution in [-0.4, -0.2) is 36.1 Å². The molecule has 2 fully saturated rings. The Morgan fingerprint density at radius 1 is 1.38 bits per heavy atom. The molecule has 0 N–H and O–H groups in total. The molecule has 0 radical (unpaired) electrons. The maximum absolute atomic E-state index is 12.3. The van der Waals surface area contributed by atoms with Crippen LogP contribution in [0.25, 0.3) is 0 Å². The Kier molecular flexibility index (Phi) is 3.24.